The molecule has 0 fully saturated rings. The summed E-state index contributed by atoms with van der Waals surface area (Å²) < 4.78 is 4.23. The standard InChI is InChI=1S/C12H12Br2N2/c1-8-12(14)9(2)16(15-8)7-10-5-3-4-6-11(10)13/h3-6H,7H2,1-2H3. The molecule has 2 rings (SSSR count). The zero-order valence-corrected chi connectivity index (χ0v) is 12.3. The Balaban J connectivity index is 2.34. The van der Waals surface area contributed by atoms with Gasteiger partial charge in [-0.3, -0.25) is 4.68 Å². The Hall–Kier alpha value is -0.610. The van der Waals surface area contributed by atoms with E-state index in [1.54, 1.807) is 0 Å². The largest absolute Gasteiger partial charge is 0.264 e. The lowest BCUT2D eigenvalue weighted by Crippen LogP contribution is -2.04. The first kappa shape index (κ1) is 11.9. The summed E-state index contributed by atoms with van der Waals surface area (Å²) in [6.07, 6.45) is 0. The SMILES string of the molecule is Cc1nn(Cc2ccccc2Br)c(C)c1Br. The van der Waals surface area contributed by atoms with Crippen LogP contribution in [0.2, 0.25) is 0 Å². The number of hydrogen-bond donors (Lipinski definition) is 0. The summed E-state index contributed by atoms with van der Waals surface area (Å²) in [5.74, 6) is 0. The van der Waals surface area contributed by atoms with Gasteiger partial charge in [0.2, 0.25) is 0 Å². The lowest BCUT2D eigenvalue weighted by molar-refractivity contribution is 0.657. The molecule has 84 valence electrons. The summed E-state index contributed by atoms with van der Waals surface area (Å²) in [7, 11) is 0. The lowest BCUT2D eigenvalue weighted by atomic mass is 10.2. The molecule has 0 N–H and O–H groups in total. The molecule has 0 aliphatic rings. The molecule has 0 aliphatic heterocycles. The Morgan fingerprint density at radius 3 is 2.44 bits per heavy atom. The van der Waals surface area contributed by atoms with E-state index < -0.39 is 0 Å². The zero-order chi connectivity index (χ0) is 11.7. The molecule has 0 unspecified atom stereocenters. The van der Waals surface area contributed by atoms with Crippen LogP contribution in [0.5, 0.6) is 0 Å². The predicted octanol–water partition coefficient (Wildman–Crippen LogP) is 4.07. The van der Waals surface area contributed by atoms with Crippen molar-refractivity contribution in [2.45, 2.75) is 20.4 Å². The fourth-order valence-electron chi connectivity index (χ4n) is 1.62. The fraction of sp³-hybridized carbons (Fsp3) is 0.250. The molecule has 0 saturated carbocycles. The van der Waals surface area contributed by atoms with Crippen LogP contribution in [0, 0.1) is 13.8 Å². The second-order valence-corrected chi connectivity index (χ2v) is 5.38. The van der Waals surface area contributed by atoms with E-state index in [2.05, 4.69) is 56.0 Å². The minimum absolute atomic E-state index is 0.791. The predicted molar refractivity (Wildman–Crippen MR) is 72.6 cm³/mol. The number of aromatic nitrogens is 2. The van der Waals surface area contributed by atoms with Gasteiger partial charge in [-0.05, 0) is 41.4 Å². The molecule has 0 bridgehead atoms. The highest BCUT2D eigenvalue weighted by atomic mass is 79.9. The normalized spacial score (nSPS) is 10.8. The third-order valence-corrected chi connectivity index (χ3v) is 4.49. The monoisotopic (exact) mass is 342 g/mol. The topological polar surface area (TPSA) is 17.8 Å². The summed E-state index contributed by atoms with van der Waals surface area (Å²) >= 11 is 7.09. The molecule has 0 saturated heterocycles. The van der Waals surface area contributed by atoms with Crippen molar-refractivity contribution in [3.05, 3.63) is 50.2 Å². The van der Waals surface area contributed by atoms with E-state index in [-0.39, 0.29) is 0 Å². The molecule has 0 radical (unpaired) electrons. The zero-order valence-electron chi connectivity index (χ0n) is 9.17. The minimum Gasteiger partial charge on any atom is -0.264 e. The van der Waals surface area contributed by atoms with Crippen molar-refractivity contribution in [3.8, 4) is 0 Å². The number of benzene rings is 1. The molecule has 4 heteroatoms. The van der Waals surface area contributed by atoms with Gasteiger partial charge in [0.15, 0.2) is 0 Å². The highest BCUT2D eigenvalue weighted by Gasteiger charge is 2.09. The Morgan fingerprint density at radius 1 is 1.19 bits per heavy atom. The summed E-state index contributed by atoms with van der Waals surface area (Å²) in [5.41, 5.74) is 3.43. The van der Waals surface area contributed by atoms with E-state index in [1.807, 2.05) is 23.7 Å². The van der Waals surface area contributed by atoms with E-state index in [0.717, 1.165) is 26.9 Å². The van der Waals surface area contributed by atoms with Crippen LogP contribution in [0.4, 0.5) is 0 Å². The smallest absolute Gasteiger partial charge is 0.0738 e. The Bertz CT molecular complexity index is 518. The average Bonchev–Trinajstić information content (AvgIpc) is 2.50. The summed E-state index contributed by atoms with van der Waals surface area (Å²) in [5, 5.41) is 4.50. The van der Waals surface area contributed by atoms with Crippen molar-refractivity contribution in [2.24, 2.45) is 0 Å². The van der Waals surface area contributed by atoms with Gasteiger partial charge in [-0.15, -0.1) is 0 Å². The van der Waals surface area contributed by atoms with Crippen molar-refractivity contribution in [1.82, 2.24) is 9.78 Å². The second-order valence-electron chi connectivity index (χ2n) is 3.73. The van der Waals surface area contributed by atoms with Crippen molar-refractivity contribution < 1.29 is 0 Å². The molecule has 2 aromatic rings. The number of hydrogen-bond acceptors (Lipinski definition) is 1. The quantitative estimate of drug-likeness (QED) is 0.803. The molecule has 1 heterocycles. The first-order valence-electron chi connectivity index (χ1n) is 5.02. The van der Waals surface area contributed by atoms with Gasteiger partial charge in [-0.25, -0.2) is 0 Å². The van der Waals surface area contributed by atoms with Gasteiger partial charge in [0.25, 0.3) is 0 Å². The maximum atomic E-state index is 4.50. The van der Waals surface area contributed by atoms with Crippen molar-refractivity contribution in [2.75, 3.05) is 0 Å². The summed E-state index contributed by atoms with van der Waals surface area (Å²) in [4.78, 5) is 0. The van der Waals surface area contributed by atoms with Gasteiger partial charge < -0.3 is 0 Å². The highest BCUT2D eigenvalue weighted by molar-refractivity contribution is 9.10. The van der Waals surface area contributed by atoms with Crippen LogP contribution in [-0.4, -0.2) is 9.78 Å². The maximum Gasteiger partial charge on any atom is 0.0738 e. The molecule has 0 aliphatic carbocycles. The van der Waals surface area contributed by atoms with Gasteiger partial charge >= 0.3 is 0 Å². The molecular weight excluding hydrogens is 332 g/mol. The number of nitrogens with zero attached hydrogens (tertiary/aromatic N) is 2. The van der Waals surface area contributed by atoms with Crippen LogP contribution < -0.4 is 0 Å². The van der Waals surface area contributed by atoms with Crippen LogP contribution in [0.15, 0.2) is 33.2 Å². The first-order valence-corrected chi connectivity index (χ1v) is 6.61. The van der Waals surface area contributed by atoms with Crippen LogP contribution in [-0.2, 0) is 6.54 Å². The lowest BCUT2D eigenvalue weighted by Gasteiger charge is -2.06. The van der Waals surface area contributed by atoms with Crippen molar-refractivity contribution >= 4 is 31.9 Å². The van der Waals surface area contributed by atoms with E-state index in [1.165, 1.54) is 5.56 Å². The fourth-order valence-corrected chi connectivity index (χ4v) is 2.31. The van der Waals surface area contributed by atoms with Gasteiger partial charge in [-0.2, -0.15) is 5.10 Å². The van der Waals surface area contributed by atoms with Crippen LogP contribution in [0.1, 0.15) is 17.0 Å². The second kappa shape index (κ2) is 4.72. The van der Waals surface area contributed by atoms with E-state index in [0.29, 0.717) is 0 Å². The van der Waals surface area contributed by atoms with Gasteiger partial charge in [0.1, 0.15) is 0 Å². The molecule has 1 aromatic carbocycles. The van der Waals surface area contributed by atoms with Gasteiger partial charge in [0, 0.05) is 4.47 Å². The van der Waals surface area contributed by atoms with Crippen molar-refractivity contribution in [3.63, 3.8) is 0 Å². The Labute approximate surface area is 112 Å². The van der Waals surface area contributed by atoms with E-state index in [4.69, 9.17) is 0 Å². The number of rotatable bonds is 2. The van der Waals surface area contributed by atoms with Crippen LogP contribution >= 0.6 is 31.9 Å². The maximum absolute atomic E-state index is 4.50. The van der Waals surface area contributed by atoms with Gasteiger partial charge in [0.05, 0.1) is 22.4 Å². The molecule has 16 heavy (non-hydrogen) atoms. The highest BCUT2D eigenvalue weighted by Crippen LogP contribution is 2.22. The van der Waals surface area contributed by atoms with E-state index >= 15 is 0 Å². The minimum atomic E-state index is 0.791. The Kier molecular flexibility index (Phi) is 3.50. The number of aryl methyl sites for hydroxylation is 1. The summed E-state index contributed by atoms with van der Waals surface area (Å²) in [6.45, 7) is 4.87. The molecule has 0 spiro atoms. The third-order valence-electron chi connectivity index (χ3n) is 2.57. The van der Waals surface area contributed by atoms with Crippen LogP contribution in [0.25, 0.3) is 0 Å². The molecule has 1 aromatic heterocycles. The number of halogens is 2. The Morgan fingerprint density at radius 2 is 1.88 bits per heavy atom. The first-order chi connectivity index (χ1) is 7.59. The van der Waals surface area contributed by atoms with Gasteiger partial charge in [-0.1, -0.05) is 34.1 Å². The van der Waals surface area contributed by atoms with Crippen LogP contribution in [0.3, 0.4) is 0 Å². The van der Waals surface area contributed by atoms with Crippen molar-refractivity contribution in [1.29, 1.82) is 0 Å². The van der Waals surface area contributed by atoms with E-state index in [9.17, 15) is 0 Å². The molecular formula is C12H12Br2N2. The molecule has 0 atom stereocenters. The molecule has 2 nitrogen and oxygen atoms in total. The molecule has 0 amide bonds. The third kappa shape index (κ3) is 2.23. The average molecular weight is 344 g/mol. The summed E-state index contributed by atoms with van der Waals surface area (Å²) in [6, 6.07) is 8.22.